The average molecular weight is 415 g/mol. The Labute approximate surface area is 177 Å². The van der Waals surface area contributed by atoms with E-state index in [1.807, 2.05) is 31.2 Å². The van der Waals surface area contributed by atoms with E-state index in [0.717, 1.165) is 11.1 Å². The fourth-order valence-corrected chi connectivity index (χ4v) is 4.24. The average Bonchev–Trinajstić information content (AvgIpc) is 2.76. The lowest BCUT2D eigenvalue weighted by atomic mass is 10.1. The smallest absolute Gasteiger partial charge is 0.266 e. The van der Waals surface area contributed by atoms with Gasteiger partial charge in [0.25, 0.3) is 5.56 Å². The monoisotopic (exact) mass is 415 g/mol. The van der Waals surface area contributed by atoms with Gasteiger partial charge in [-0.25, -0.2) is 9.37 Å². The maximum absolute atomic E-state index is 14.6. The van der Waals surface area contributed by atoms with Crippen LogP contribution in [0.15, 0.2) is 82.7 Å². The van der Waals surface area contributed by atoms with Gasteiger partial charge in [-0.2, -0.15) is 5.26 Å². The Hall–Kier alpha value is -3.43. The van der Waals surface area contributed by atoms with E-state index < -0.39 is 11.1 Å². The summed E-state index contributed by atoms with van der Waals surface area (Å²) >= 11 is 1.17. The largest absolute Gasteiger partial charge is 0.268 e. The molecule has 3 aromatic carbocycles. The maximum atomic E-state index is 14.6. The Bertz CT molecular complexity index is 1310. The quantitative estimate of drug-likeness (QED) is 0.338. The zero-order chi connectivity index (χ0) is 21.1. The van der Waals surface area contributed by atoms with Crippen molar-refractivity contribution in [2.75, 3.05) is 0 Å². The van der Waals surface area contributed by atoms with Crippen LogP contribution in [0.5, 0.6) is 0 Å². The van der Waals surface area contributed by atoms with Crippen LogP contribution < -0.4 is 5.56 Å². The maximum Gasteiger partial charge on any atom is 0.266 e. The molecular formula is C24H18FN3OS. The molecule has 1 atom stereocenters. The minimum Gasteiger partial charge on any atom is -0.268 e. The van der Waals surface area contributed by atoms with Crippen LogP contribution in [0.2, 0.25) is 0 Å². The van der Waals surface area contributed by atoms with E-state index >= 15 is 0 Å². The van der Waals surface area contributed by atoms with Crippen LogP contribution in [0.3, 0.4) is 0 Å². The number of aryl methyl sites for hydroxylation is 1. The van der Waals surface area contributed by atoms with Crippen molar-refractivity contribution in [3.63, 3.8) is 0 Å². The molecule has 30 heavy (non-hydrogen) atoms. The Balaban J connectivity index is 1.81. The minimum absolute atomic E-state index is 0.121. The highest BCUT2D eigenvalue weighted by Gasteiger charge is 2.20. The van der Waals surface area contributed by atoms with Crippen molar-refractivity contribution in [1.82, 2.24) is 9.55 Å². The van der Waals surface area contributed by atoms with Crippen molar-refractivity contribution >= 4 is 22.7 Å². The molecule has 0 saturated carbocycles. The first-order chi connectivity index (χ1) is 14.6. The fourth-order valence-electron chi connectivity index (χ4n) is 3.22. The van der Waals surface area contributed by atoms with Gasteiger partial charge in [0.1, 0.15) is 11.1 Å². The fraction of sp³-hybridized carbons (Fsp3) is 0.125. The van der Waals surface area contributed by atoms with E-state index in [1.165, 1.54) is 22.4 Å². The molecule has 0 aliphatic carbocycles. The summed E-state index contributed by atoms with van der Waals surface area (Å²) in [7, 11) is 0. The first-order valence-electron chi connectivity index (χ1n) is 9.45. The minimum atomic E-state index is -0.523. The highest BCUT2D eigenvalue weighted by molar-refractivity contribution is 8.00. The molecule has 4 rings (SSSR count). The number of para-hydroxylation sites is 2. The predicted octanol–water partition coefficient (Wildman–Crippen LogP) is 5.06. The molecule has 0 bridgehead atoms. The molecule has 0 amide bonds. The van der Waals surface area contributed by atoms with Gasteiger partial charge < -0.3 is 0 Å². The number of nitriles is 1. The van der Waals surface area contributed by atoms with Crippen molar-refractivity contribution in [2.24, 2.45) is 0 Å². The molecule has 0 radical (unpaired) electrons. The number of halogens is 1. The van der Waals surface area contributed by atoms with Gasteiger partial charge in [-0.3, -0.25) is 9.36 Å². The second-order valence-corrected chi connectivity index (χ2v) is 8.10. The number of benzene rings is 3. The summed E-state index contributed by atoms with van der Waals surface area (Å²) in [5, 5.41) is 9.95. The van der Waals surface area contributed by atoms with Gasteiger partial charge in [0.2, 0.25) is 0 Å². The lowest BCUT2D eigenvalue weighted by Gasteiger charge is -2.16. The van der Waals surface area contributed by atoms with Gasteiger partial charge >= 0.3 is 0 Å². The van der Waals surface area contributed by atoms with Gasteiger partial charge in [-0.05, 0) is 43.2 Å². The van der Waals surface area contributed by atoms with Crippen LogP contribution in [-0.2, 0) is 6.42 Å². The van der Waals surface area contributed by atoms with E-state index in [1.54, 1.807) is 42.5 Å². The van der Waals surface area contributed by atoms with Crippen LogP contribution in [0.1, 0.15) is 11.1 Å². The van der Waals surface area contributed by atoms with E-state index in [4.69, 9.17) is 0 Å². The number of nitrogens with zero attached hydrogens (tertiary/aromatic N) is 3. The molecule has 0 aliphatic rings. The molecular weight excluding hydrogens is 397 g/mol. The molecule has 0 saturated heterocycles. The molecule has 0 N–H and O–H groups in total. The normalized spacial score (nSPS) is 11.9. The second-order valence-electron chi connectivity index (χ2n) is 6.93. The molecule has 0 spiro atoms. The SMILES string of the molecule is Cc1ccc(C[C@@H](C#N)Sc2nc3ccccc3c(=O)n2-c2ccccc2F)cc1. The first kappa shape index (κ1) is 19.9. The molecule has 4 aromatic rings. The number of hydrogen-bond acceptors (Lipinski definition) is 4. The molecule has 148 valence electrons. The lowest BCUT2D eigenvalue weighted by Crippen LogP contribution is -2.23. The van der Waals surface area contributed by atoms with Crippen molar-refractivity contribution < 1.29 is 4.39 Å². The number of hydrogen-bond donors (Lipinski definition) is 0. The summed E-state index contributed by atoms with van der Waals surface area (Å²) in [6, 6.07) is 23.3. The van der Waals surface area contributed by atoms with Crippen LogP contribution in [-0.4, -0.2) is 14.8 Å². The predicted molar refractivity (Wildman–Crippen MR) is 117 cm³/mol. The van der Waals surface area contributed by atoms with Crippen LogP contribution in [0, 0.1) is 24.1 Å². The lowest BCUT2D eigenvalue weighted by molar-refractivity contribution is 0.608. The van der Waals surface area contributed by atoms with Crippen molar-refractivity contribution in [3.8, 4) is 11.8 Å². The summed E-state index contributed by atoms with van der Waals surface area (Å²) in [5.74, 6) is -0.523. The first-order valence-corrected chi connectivity index (χ1v) is 10.3. The van der Waals surface area contributed by atoms with E-state index in [0.29, 0.717) is 22.5 Å². The van der Waals surface area contributed by atoms with Gasteiger partial charge in [0.15, 0.2) is 5.16 Å². The molecule has 0 unspecified atom stereocenters. The molecule has 6 heteroatoms. The van der Waals surface area contributed by atoms with Crippen molar-refractivity contribution in [3.05, 3.63) is 100 Å². The highest BCUT2D eigenvalue weighted by atomic mass is 32.2. The summed E-state index contributed by atoms with van der Waals surface area (Å²) in [4.78, 5) is 17.8. The molecule has 0 fully saturated rings. The summed E-state index contributed by atoms with van der Waals surface area (Å²) in [5.41, 5.74) is 2.44. The van der Waals surface area contributed by atoms with E-state index in [9.17, 15) is 14.4 Å². The topological polar surface area (TPSA) is 58.7 Å². The van der Waals surface area contributed by atoms with Crippen LogP contribution in [0.25, 0.3) is 16.6 Å². The van der Waals surface area contributed by atoms with Crippen molar-refractivity contribution in [1.29, 1.82) is 5.26 Å². The van der Waals surface area contributed by atoms with E-state index in [2.05, 4.69) is 11.1 Å². The summed E-state index contributed by atoms with van der Waals surface area (Å²) < 4.78 is 15.8. The number of aromatic nitrogens is 2. The van der Waals surface area contributed by atoms with Gasteiger partial charge in [0, 0.05) is 0 Å². The molecule has 0 aliphatic heterocycles. The molecule has 1 aromatic heterocycles. The third-order valence-electron chi connectivity index (χ3n) is 4.77. The third kappa shape index (κ3) is 3.98. The Kier molecular flexibility index (Phi) is 5.64. The molecule has 4 nitrogen and oxygen atoms in total. The summed E-state index contributed by atoms with van der Waals surface area (Å²) in [6.07, 6.45) is 0.488. The Morgan fingerprint density at radius 2 is 1.77 bits per heavy atom. The van der Waals surface area contributed by atoms with Crippen molar-refractivity contribution in [2.45, 2.75) is 23.8 Å². The number of thioether (sulfide) groups is 1. The van der Waals surface area contributed by atoms with Crippen LogP contribution >= 0.6 is 11.8 Å². The van der Waals surface area contributed by atoms with Gasteiger partial charge in [0.05, 0.1) is 22.7 Å². The number of fused-ring (bicyclic) bond motifs is 1. The highest BCUT2D eigenvalue weighted by Crippen LogP contribution is 2.27. The molecule has 1 heterocycles. The van der Waals surface area contributed by atoms with E-state index in [-0.39, 0.29) is 11.2 Å². The Morgan fingerprint density at radius 3 is 2.50 bits per heavy atom. The second kappa shape index (κ2) is 8.52. The van der Waals surface area contributed by atoms with Crippen LogP contribution in [0.4, 0.5) is 4.39 Å². The third-order valence-corrected chi connectivity index (χ3v) is 5.81. The zero-order valence-electron chi connectivity index (χ0n) is 16.2. The van der Waals surface area contributed by atoms with Gasteiger partial charge in [-0.1, -0.05) is 65.9 Å². The van der Waals surface area contributed by atoms with Gasteiger partial charge in [-0.15, -0.1) is 0 Å². The Morgan fingerprint density at radius 1 is 1.07 bits per heavy atom. The standard InChI is InChI=1S/C24H18FN3OS/c1-16-10-12-17(13-11-16)14-18(15-26)30-24-27-21-8-4-2-6-19(21)23(29)28(24)22-9-5-3-7-20(22)25/h2-13,18H,14H2,1H3/t18-/m0/s1. The zero-order valence-corrected chi connectivity index (χ0v) is 17.1. The number of rotatable bonds is 5. The summed E-state index contributed by atoms with van der Waals surface area (Å²) in [6.45, 7) is 2.01.